The number of aromatic nitrogens is 1. The number of hydrogen-bond donors (Lipinski definition) is 0. The summed E-state index contributed by atoms with van der Waals surface area (Å²) < 4.78 is 5.45. The van der Waals surface area contributed by atoms with Gasteiger partial charge in [0.25, 0.3) is 0 Å². The molecule has 0 saturated carbocycles. The third-order valence-electron chi connectivity index (χ3n) is 5.26. The fourth-order valence-corrected chi connectivity index (χ4v) is 3.57. The SMILES string of the molecule is CC(C)(C)OC(=O)N(CCC#N)CCCCCCCCCCCCCc1cccnc1. The van der Waals surface area contributed by atoms with E-state index in [1.54, 1.807) is 4.90 Å². The molecule has 0 unspecified atom stereocenters. The summed E-state index contributed by atoms with van der Waals surface area (Å²) in [5, 5.41) is 8.82. The highest BCUT2D eigenvalue weighted by atomic mass is 16.6. The van der Waals surface area contributed by atoms with E-state index in [2.05, 4.69) is 17.1 Å². The van der Waals surface area contributed by atoms with Crippen LogP contribution in [-0.2, 0) is 11.2 Å². The zero-order valence-electron chi connectivity index (χ0n) is 20.1. The molecule has 0 fully saturated rings. The number of amides is 1. The second kappa shape index (κ2) is 16.6. The predicted octanol–water partition coefficient (Wildman–Crippen LogP) is 7.07. The third-order valence-corrected chi connectivity index (χ3v) is 5.26. The second-order valence-electron chi connectivity index (χ2n) is 9.38. The predicted molar refractivity (Wildman–Crippen MR) is 127 cm³/mol. The van der Waals surface area contributed by atoms with Crippen molar-refractivity contribution in [1.82, 2.24) is 9.88 Å². The first-order valence-corrected chi connectivity index (χ1v) is 12.2. The Morgan fingerprint density at radius 3 is 2.06 bits per heavy atom. The Morgan fingerprint density at radius 1 is 0.968 bits per heavy atom. The van der Waals surface area contributed by atoms with Crippen LogP contribution >= 0.6 is 0 Å². The number of rotatable bonds is 16. The Labute approximate surface area is 190 Å². The van der Waals surface area contributed by atoms with Gasteiger partial charge < -0.3 is 9.64 Å². The van der Waals surface area contributed by atoms with Gasteiger partial charge in [-0.2, -0.15) is 5.26 Å². The molecule has 1 rings (SSSR count). The number of nitrogens with zero attached hydrogens (tertiary/aromatic N) is 3. The number of carbonyl (C=O) groups is 1. The minimum atomic E-state index is -0.499. The zero-order chi connectivity index (χ0) is 22.8. The molecule has 0 bridgehead atoms. The number of aryl methyl sites for hydroxylation is 1. The summed E-state index contributed by atoms with van der Waals surface area (Å²) in [4.78, 5) is 18.1. The first kappa shape index (κ1) is 26.9. The van der Waals surface area contributed by atoms with Gasteiger partial charge in [-0.05, 0) is 51.7 Å². The molecule has 0 N–H and O–H groups in total. The lowest BCUT2D eigenvalue weighted by atomic mass is 10.0. The highest BCUT2D eigenvalue weighted by molar-refractivity contribution is 5.68. The smallest absolute Gasteiger partial charge is 0.410 e. The lowest BCUT2D eigenvalue weighted by Crippen LogP contribution is -2.38. The maximum absolute atomic E-state index is 12.3. The Hall–Kier alpha value is -2.09. The summed E-state index contributed by atoms with van der Waals surface area (Å²) in [6.45, 7) is 6.74. The lowest BCUT2D eigenvalue weighted by molar-refractivity contribution is 0.0250. The van der Waals surface area contributed by atoms with E-state index in [0.717, 1.165) is 19.3 Å². The molecule has 0 radical (unpaired) electrons. The van der Waals surface area contributed by atoms with Gasteiger partial charge in [-0.15, -0.1) is 0 Å². The van der Waals surface area contributed by atoms with E-state index < -0.39 is 5.60 Å². The molecule has 5 heteroatoms. The van der Waals surface area contributed by atoms with Gasteiger partial charge in [0.05, 0.1) is 12.5 Å². The number of nitriles is 1. The molecular weight excluding hydrogens is 386 g/mol. The van der Waals surface area contributed by atoms with Gasteiger partial charge in [-0.3, -0.25) is 4.98 Å². The first-order valence-electron chi connectivity index (χ1n) is 12.2. The number of hydrogen-bond acceptors (Lipinski definition) is 4. The summed E-state index contributed by atoms with van der Waals surface area (Å²) in [6, 6.07) is 6.29. The van der Waals surface area contributed by atoms with Crippen molar-refractivity contribution < 1.29 is 9.53 Å². The summed E-state index contributed by atoms with van der Waals surface area (Å²) in [6.07, 6.45) is 18.8. The fraction of sp³-hybridized carbons (Fsp3) is 0.731. The highest BCUT2D eigenvalue weighted by Gasteiger charge is 2.21. The molecule has 174 valence electrons. The molecule has 31 heavy (non-hydrogen) atoms. The topological polar surface area (TPSA) is 66.2 Å². The molecule has 1 aromatic rings. The van der Waals surface area contributed by atoms with Gasteiger partial charge in [-0.25, -0.2) is 4.79 Å². The zero-order valence-corrected chi connectivity index (χ0v) is 20.1. The Bertz CT molecular complexity index is 620. The maximum Gasteiger partial charge on any atom is 0.410 e. The van der Waals surface area contributed by atoms with Crippen molar-refractivity contribution in [3.05, 3.63) is 30.1 Å². The van der Waals surface area contributed by atoms with E-state index in [-0.39, 0.29) is 6.09 Å². The van der Waals surface area contributed by atoms with E-state index >= 15 is 0 Å². The van der Waals surface area contributed by atoms with Gasteiger partial charge >= 0.3 is 6.09 Å². The van der Waals surface area contributed by atoms with Crippen LogP contribution in [0.5, 0.6) is 0 Å². The Balaban J connectivity index is 1.97. The number of pyridine rings is 1. The lowest BCUT2D eigenvalue weighted by Gasteiger charge is -2.27. The normalized spacial score (nSPS) is 11.2. The molecule has 1 aromatic heterocycles. The van der Waals surface area contributed by atoms with Crippen molar-refractivity contribution in [3.63, 3.8) is 0 Å². The van der Waals surface area contributed by atoms with Crippen molar-refractivity contribution >= 4 is 6.09 Å². The molecule has 0 spiro atoms. The number of carbonyl (C=O) groups excluding carboxylic acids is 1. The van der Waals surface area contributed by atoms with E-state index in [9.17, 15) is 4.79 Å². The van der Waals surface area contributed by atoms with E-state index in [1.807, 2.05) is 39.2 Å². The maximum atomic E-state index is 12.3. The summed E-state index contributed by atoms with van der Waals surface area (Å²) in [5.74, 6) is 0. The third kappa shape index (κ3) is 15.4. The summed E-state index contributed by atoms with van der Waals surface area (Å²) >= 11 is 0. The van der Waals surface area contributed by atoms with Crippen LogP contribution in [0.4, 0.5) is 4.79 Å². The van der Waals surface area contributed by atoms with Crippen LogP contribution in [0.2, 0.25) is 0 Å². The van der Waals surface area contributed by atoms with E-state index in [0.29, 0.717) is 19.5 Å². The molecule has 0 aliphatic carbocycles. The van der Waals surface area contributed by atoms with Gasteiger partial charge in [0, 0.05) is 25.5 Å². The molecule has 0 aliphatic rings. The van der Waals surface area contributed by atoms with Crippen LogP contribution < -0.4 is 0 Å². The standard InChI is InChI=1S/C26H43N3O2/c1-26(2,3)31-25(30)29(22-16-19-27)21-14-12-10-8-6-4-5-7-9-11-13-17-24-18-15-20-28-23-24/h15,18,20,23H,4-14,16-17,21-22H2,1-3H3. The summed E-state index contributed by atoms with van der Waals surface area (Å²) in [7, 11) is 0. The minimum Gasteiger partial charge on any atom is -0.444 e. The number of ether oxygens (including phenoxy) is 1. The largest absolute Gasteiger partial charge is 0.444 e. The van der Waals surface area contributed by atoms with Gasteiger partial charge in [0.1, 0.15) is 5.60 Å². The van der Waals surface area contributed by atoms with E-state index in [1.165, 1.54) is 63.4 Å². The van der Waals surface area contributed by atoms with Crippen molar-refractivity contribution in [2.24, 2.45) is 0 Å². The number of unbranched alkanes of at least 4 members (excludes halogenated alkanes) is 10. The molecule has 0 aromatic carbocycles. The van der Waals surface area contributed by atoms with Gasteiger partial charge in [0.2, 0.25) is 0 Å². The van der Waals surface area contributed by atoms with E-state index in [4.69, 9.17) is 10.00 Å². The molecule has 0 saturated heterocycles. The molecule has 5 nitrogen and oxygen atoms in total. The molecule has 1 heterocycles. The molecular formula is C26H43N3O2. The van der Waals surface area contributed by atoms with Crippen LogP contribution in [0.1, 0.15) is 103 Å². The monoisotopic (exact) mass is 429 g/mol. The van der Waals surface area contributed by atoms with Crippen LogP contribution in [0.25, 0.3) is 0 Å². The van der Waals surface area contributed by atoms with Crippen molar-refractivity contribution in [2.75, 3.05) is 13.1 Å². The highest BCUT2D eigenvalue weighted by Crippen LogP contribution is 2.14. The van der Waals surface area contributed by atoms with Crippen molar-refractivity contribution in [2.45, 2.75) is 110 Å². The van der Waals surface area contributed by atoms with Crippen LogP contribution in [-0.4, -0.2) is 34.7 Å². The Kier molecular flexibility index (Phi) is 14.4. The molecule has 0 aliphatic heterocycles. The van der Waals surface area contributed by atoms with Crippen molar-refractivity contribution in [3.8, 4) is 6.07 Å². The minimum absolute atomic E-state index is 0.303. The Morgan fingerprint density at radius 2 is 1.55 bits per heavy atom. The van der Waals surface area contributed by atoms with Crippen LogP contribution in [0.15, 0.2) is 24.5 Å². The molecule has 0 atom stereocenters. The van der Waals surface area contributed by atoms with Gasteiger partial charge in [0.15, 0.2) is 0 Å². The fourth-order valence-electron chi connectivity index (χ4n) is 3.57. The second-order valence-corrected chi connectivity index (χ2v) is 9.38. The van der Waals surface area contributed by atoms with Crippen LogP contribution in [0, 0.1) is 11.3 Å². The van der Waals surface area contributed by atoms with Crippen LogP contribution in [0.3, 0.4) is 0 Å². The average Bonchev–Trinajstić information content (AvgIpc) is 2.73. The van der Waals surface area contributed by atoms with Crippen molar-refractivity contribution in [1.29, 1.82) is 5.26 Å². The quantitative estimate of drug-likeness (QED) is 0.264. The average molecular weight is 430 g/mol. The van der Waals surface area contributed by atoms with Gasteiger partial charge in [-0.1, -0.05) is 63.9 Å². The molecule has 1 amide bonds. The first-order chi connectivity index (χ1) is 14.9. The summed E-state index contributed by atoms with van der Waals surface area (Å²) in [5.41, 5.74) is 0.850.